The zero-order chi connectivity index (χ0) is 12.3. The van der Waals surface area contributed by atoms with Crippen LogP contribution in [0.15, 0.2) is 30.3 Å². The fourth-order valence-corrected chi connectivity index (χ4v) is 1.76. The van der Waals surface area contributed by atoms with E-state index >= 15 is 0 Å². The van der Waals surface area contributed by atoms with E-state index in [0.29, 0.717) is 17.7 Å². The quantitative estimate of drug-likeness (QED) is 0.784. The number of fused-ring (bicyclic) bond motifs is 1. The van der Waals surface area contributed by atoms with Crippen LogP contribution in [0.4, 0.5) is 0 Å². The van der Waals surface area contributed by atoms with Gasteiger partial charge in [-0.25, -0.2) is 0 Å². The van der Waals surface area contributed by atoms with Crippen molar-refractivity contribution >= 4 is 10.8 Å². The first-order valence-corrected chi connectivity index (χ1v) is 5.30. The SMILES string of the molecule is CCOc1cccc2cc(C#N)c(C#N)cc12. The summed E-state index contributed by atoms with van der Waals surface area (Å²) >= 11 is 0. The Bertz CT molecular complexity index is 648. The molecule has 0 aliphatic carbocycles. The third-order valence-electron chi connectivity index (χ3n) is 2.52. The Morgan fingerprint density at radius 3 is 2.47 bits per heavy atom. The summed E-state index contributed by atoms with van der Waals surface area (Å²) in [5.74, 6) is 0.742. The van der Waals surface area contributed by atoms with E-state index in [4.69, 9.17) is 15.3 Å². The highest BCUT2D eigenvalue weighted by molar-refractivity contribution is 5.90. The van der Waals surface area contributed by atoms with Gasteiger partial charge in [-0.1, -0.05) is 12.1 Å². The van der Waals surface area contributed by atoms with Gasteiger partial charge in [0.15, 0.2) is 0 Å². The van der Waals surface area contributed by atoms with E-state index in [1.807, 2.05) is 37.3 Å². The lowest BCUT2D eigenvalue weighted by Crippen LogP contribution is -1.93. The highest BCUT2D eigenvalue weighted by Crippen LogP contribution is 2.28. The van der Waals surface area contributed by atoms with Crippen molar-refractivity contribution in [2.24, 2.45) is 0 Å². The van der Waals surface area contributed by atoms with Crippen LogP contribution in [0.1, 0.15) is 18.1 Å². The fourth-order valence-electron chi connectivity index (χ4n) is 1.76. The Balaban J connectivity index is 2.76. The molecule has 0 saturated carbocycles. The molecule has 0 unspecified atom stereocenters. The van der Waals surface area contributed by atoms with Gasteiger partial charge < -0.3 is 4.74 Å². The number of ether oxygens (including phenoxy) is 1. The Kier molecular flexibility index (Phi) is 2.94. The maximum atomic E-state index is 8.99. The first-order chi connectivity index (χ1) is 8.30. The molecule has 2 aromatic rings. The van der Waals surface area contributed by atoms with E-state index in [1.165, 1.54) is 0 Å². The number of hydrogen-bond donors (Lipinski definition) is 0. The van der Waals surface area contributed by atoms with Gasteiger partial charge in [-0.15, -0.1) is 0 Å². The Hall–Kier alpha value is -2.52. The third kappa shape index (κ3) is 1.91. The lowest BCUT2D eigenvalue weighted by Gasteiger charge is -2.08. The minimum atomic E-state index is 0.382. The maximum absolute atomic E-state index is 8.99. The second-order valence-corrected chi connectivity index (χ2v) is 3.53. The molecule has 0 aliphatic rings. The molecule has 0 bridgehead atoms. The molecule has 0 atom stereocenters. The summed E-state index contributed by atoms with van der Waals surface area (Å²) in [6.45, 7) is 2.48. The van der Waals surface area contributed by atoms with Crippen LogP contribution in [0.2, 0.25) is 0 Å². The largest absolute Gasteiger partial charge is 0.493 e. The second-order valence-electron chi connectivity index (χ2n) is 3.53. The predicted molar refractivity (Wildman–Crippen MR) is 64.5 cm³/mol. The first kappa shape index (κ1) is 11.0. The molecule has 0 saturated heterocycles. The van der Waals surface area contributed by atoms with Gasteiger partial charge in [-0.05, 0) is 30.5 Å². The normalized spacial score (nSPS) is 9.59. The third-order valence-corrected chi connectivity index (χ3v) is 2.52. The minimum absolute atomic E-state index is 0.382. The van der Waals surface area contributed by atoms with Crippen molar-refractivity contribution in [3.8, 4) is 17.9 Å². The van der Waals surface area contributed by atoms with Gasteiger partial charge in [-0.3, -0.25) is 0 Å². The van der Waals surface area contributed by atoms with Crippen molar-refractivity contribution in [3.05, 3.63) is 41.5 Å². The number of hydrogen-bond acceptors (Lipinski definition) is 3. The van der Waals surface area contributed by atoms with E-state index in [-0.39, 0.29) is 0 Å². The van der Waals surface area contributed by atoms with Gasteiger partial charge in [0.25, 0.3) is 0 Å². The van der Waals surface area contributed by atoms with Crippen molar-refractivity contribution in [2.75, 3.05) is 6.61 Å². The van der Waals surface area contributed by atoms with Crippen LogP contribution in [0.3, 0.4) is 0 Å². The summed E-state index contributed by atoms with van der Waals surface area (Å²) in [5.41, 5.74) is 0.779. The average Bonchev–Trinajstić information content (AvgIpc) is 2.38. The predicted octanol–water partition coefficient (Wildman–Crippen LogP) is 2.98. The lowest BCUT2D eigenvalue weighted by atomic mass is 10.0. The van der Waals surface area contributed by atoms with Crippen molar-refractivity contribution in [1.82, 2.24) is 0 Å². The molecule has 0 fully saturated rings. The molecule has 0 amide bonds. The molecule has 3 nitrogen and oxygen atoms in total. The summed E-state index contributed by atoms with van der Waals surface area (Å²) in [4.78, 5) is 0. The Morgan fingerprint density at radius 1 is 1.12 bits per heavy atom. The average molecular weight is 222 g/mol. The van der Waals surface area contributed by atoms with Crippen molar-refractivity contribution in [2.45, 2.75) is 6.92 Å². The van der Waals surface area contributed by atoms with E-state index in [9.17, 15) is 0 Å². The van der Waals surface area contributed by atoms with E-state index < -0.39 is 0 Å². The Labute approximate surface area is 99.5 Å². The molecule has 0 heterocycles. The van der Waals surface area contributed by atoms with Crippen LogP contribution in [-0.4, -0.2) is 6.61 Å². The van der Waals surface area contributed by atoms with E-state index in [2.05, 4.69) is 0 Å². The molecule has 2 aromatic carbocycles. The zero-order valence-electron chi connectivity index (χ0n) is 9.40. The molecule has 0 N–H and O–H groups in total. The summed E-state index contributed by atoms with van der Waals surface area (Å²) in [7, 11) is 0. The highest BCUT2D eigenvalue weighted by Gasteiger charge is 2.07. The second kappa shape index (κ2) is 4.55. The highest BCUT2D eigenvalue weighted by atomic mass is 16.5. The topological polar surface area (TPSA) is 56.8 Å². The van der Waals surface area contributed by atoms with E-state index in [1.54, 1.807) is 12.1 Å². The number of benzene rings is 2. The van der Waals surface area contributed by atoms with Gasteiger partial charge in [0.05, 0.1) is 17.7 Å². The number of nitriles is 2. The van der Waals surface area contributed by atoms with Gasteiger partial charge in [-0.2, -0.15) is 10.5 Å². The van der Waals surface area contributed by atoms with Crippen molar-refractivity contribution in [1.29, 1.82) is 10.5 Å². The van der Waals surface area contributed by atoms with Crippen LogP contribution in [-0.2, 0) is 0 Å². The number of nitrogens with zero attached hydrogens (tertiary/aromatic N) is 2. The monoisotopic (exact) mass is 222 g/mol. The smallest absolute Gasteiger partial charge is 0.127 e. The van der Waals surface area contributed by atoms with Crippen molar-refractivity contribution < 1.29 is 4.74 Å². The minimum Gasteiger partial charge on any atom is -0.493 e. The standard InChI is InChI=1S/C14H10N2O/c1-2-17-14-5-3-4-10-6-11(8-15)12(9-16)7-13(10)14/h3-7H,2H2,1H3. The molecule has 3 heteroatoms. The van der Waals surface area contributed by atoms with Crippen LogP contribution in [0.25, 0.3) is 10.8 Å². The van der Waals surface area contributed by atoms with Crippen LogP contribution >= 0.6 is 0 Å². The van der Waals surface area contributed by atoms with Gasteiger partial charge in [0.1, 0.15) is 17.9 Å². The zero-order valence-corrected chi connectivity index (χ0v) is 9.40. The summed E-state index contributed by atoms with van der Waals surface area (Å²) in [5, 5.41) is 19.7. The molecule has 82 valence electrons. The van der Waals surface area contributed by atoms with E-state index in [0.717, 1.165) is 16.5 Å². The Morgan fingerprint density at radius 2 is 1.82 bits per heavy atom. The van der Waals surface area contributed by atoms with Gasteiger partial charge >= 0.3 is 0 Å². The lowest BCUT2D eigenvalue weighted by molar-refractivity contribution is 0.344. The van der Waals surface area contributed by atoms with Gasteiger partial charge in [0, 0.05) is 5.39 Å². The summed E-state index contributed by atoms with van der Waals surface area (Å²) < 4.78 is 5.50. The molecule has 2 rings (SSSR count). The summed E-state index contributed by atoms with van der Waals surface area (Å²) in [6.07, 6.45) is 0. The molecular weight excluding hydrogens is 212 g/mol. The molecule has 0 spiro atoms. The van der Waals surface area contributed by atoms with Crippen LogP contribution in [0, 0.1) is 22.7 Å². The number of rotatable bonds is 2. The van der Waals surface area contributed by atoms with Gasteiger partial charge in [0.2, 0.25) is 0 Å². The fraction of sp³-hybridized carbons (Fsp3) is 0.143. The molecule has 0 aliphatic heterocycles. The molecule has 17 heavy (non-hydrogen) atoms. The van der Waals surface area contributed by atoms with Crippen molar-refractivity contribution in [3.63, 3.8) is 0 Å². The first-order valence-electron chi connectivity index (χ1n) is 5.30. The molecule has 0 radical (unpaired) electrons. The summed E-state index contributed by atoms with van der Waals surface area (Å²) in [6, 6.07) is 13.1. The molecular formula is C14H10N2O. The van der Waals surface area contributed by atoms with Crippen LogP contribution < -0.4 is 4.74 Å². The molecule has 0 aromatic heterocycles. The maximum Gasteiger partial charge on any atom is 0.127 e. The van der Waals surface area contributed by atoms with Crippen LogP contribution in [0.5, 0.6) is 5.75 Å².